The van der Waals surface area contributed by atoms with Gasteiger partial charge in [-0.15, -0.1) is 0 Å². The Morgan fingerprint density at radius 1 is 1.37 bits per heavy atom. The summed E-state index contributed by atoms with van der Waals surface area (Å²) in [5, 5.41) is 5.01. The summed E-state index contributed by atoms with van der Waals surface area (Å²) >= 11 is 2.91. The van der Waals surface area contributed by atoms with Crippen LogP contribution in [0, 0.1) is 5.82 Å². The van der Waals surface area contributed by atoms with E-state index in [0.29, 0.717) is 13.1 Å². The molecule has 1 aromatic carbocycles. The first-order valence-corrected chi connectivity index (χ1v) is 7.87. The molecule has 2 N–H and O–H groups in total. The summed E-state index contributed by atoms with van der Waals surface area (Å²) in [5.74, 6) is -1.36. The fraction of sp³-hybridized carbons (Fsp3) is 0.364. The Morgan fingerprint density at radius 2 is 1.89 bits per heavy atom. The van der Waals surface area contributed by atoms with Gasteiger partial charge in [-0.1, -0.05) is 0 Å². The number of benzene rings is 1. The van der Waals surface area contributed by atoms with Crippen molar-refractivity contribution in [2.24, 2.45) is 5.14 Å². The Labute approximate surface area is 119 Å². The Morgan fingerprint density at radius 3 is 2.32 bits per heavy atom. The molecular formula is C11H14BrFN2O3S. The summed E-state index contributed by atoms with van der Waals surface area (Å²) in [6.45, 7) is 4.29. The first-order chi connectivity index (χ1) is 8.72. The Kier molecular flexibility index (Phi) is 5.05. The second kappa shape index (κ2) is 5.98. The zero-order chi connectivity index (χ0) is 14.8. The number of nitrogens with two attached hydrogens (primary N) is 1. The number of hydrogen-bond acceptors (Lipinski definition) is 3. The van der Waals surface area contributed by atoms with E-state index in [4.69, 9.17) is 5.14 Å². The SMILES string of the molecule is CCN(CC)C(=O)c1cc(S(N)(=O)=O)c(Br)cc1F. The van der Waals surface area contributed by atoms with Gasteiger partial charge in [-0.05, 0) is 41.9 Å². The second-order valence-corrected chi connectivity index (χ2v) is 6.17. The average molecular weight is 353 g/mol. The minimum atomic E-state index is -4.03. The number of carbonyl (C=O) groups excluding carboxylic acids is 1. The highest BCUT2D eigenvalue weighted by atomic mass is 79.9. The largest absolute Gasteiger partial charge is 0.339 e. The fourth-order valence-electron chi connectivity index (χ4n) is 1.59. The third-order valence-corrected chi connectivity index (χ3v) is 4.48. The van der Waals surface area contributed by atoms with Crippen LogP contribution in [0.4, 0.5) is 4.39 Å². The van der Waals surface area contributed by atoms with Crippen molar-refractivity contribution in [3.8, 4) is 0 Å². The maximum absolute atomic E-state index is 13.8. The quantitative estimate of drug-likeness (QED) is 0.895. The van der Waals surface area contributed by atoms with E-state index < -0.39 is 21.7 Å². The topological polar surface area (TPSA) is 80.5 Å². The Balaban J connectivity index is 3.41. The molecule has 0 aliphatic rings. The van der Waals surface area contributed by atoms with Crippen molar-refractivity contribution < 1.29 is 17.6 Å². The number of carbonyl (C=O) groups is 1. The third kappa shape index (κ3) is 3.52. The molecule has 0 saturated heterocycles. The zero-order valence-corrected chi connectivity index (χ0v) is 12.9. The summed E-state index contributed by atoms with van der Waals surface area (Å²) in [5.41, 5.74) is -0.309. The van der Waals surface area contributed by atoms with Crippen molar-refractivity contribution in [1.82, 2.24) is 4.90 Å². The third-order valence-electron chi connectivity index (χ3n) is 2.61. The normalized spacial score (nSPS) is 11.4. The molecule has 1 amide bonds. The smallest absolute Gasteiger partial charge is 0.256 e. The van der Waals surface area contributed by atoms with Crippen molar-refractivity contribution in [2.75, 3.05) is 13.1 Å². The second-order valence-electron chi connectivity index (χ2n) is 3.78. The van der Waals surface area contributed by atoms with Gasteiger partial charge in [-0.2, -0.15) is 0 Å². The van der Waals surface area contributed by atoms with E-state index in [2.05, 4.69) is 15.9 Å². The highest BCUT2D eigenvalue weighted by Crippen LogP contribution is 2.25. The predicted octanol–water partition coefficient (Wildman–Crippen LogP) is 1.72. The highest BCUT2D eigenvalue weighted by molar-refractivity contribution is 9.10. The van der Waals surface area contributed by atoms with E-state index in [-0.39, 0.29) is 14.9 Å². The molecule has 0 aliphatic heterocycles. The van der Waals surface area contributed by atoms with Crippen molar-refractivity contribution in [1.29, 1.82) is 0 Å². The summed E-state index contributed by atoms with van der Waals surface area (Å²) < 4.78 is 36.5. The molecule has 5 nitrogen and oxygen atoms in total. The number of halogens is 2. The van der Waals surface area contributed by atoms with Gasteiger partial charge in [0.2, 0.25) is 10.0 Å². The molecule has 0 bridgehead atoms. The van der Waals surface area contributed by atoms with Crippen LogP contribution in [0.5, 0.6) is 0 Å². The van der Waals surface area contributed by atoms with Crippen LogP contribution in [0.15, 0.2) is 21.5 Å². The highest BCUT2D eigenvalue weighted by Gasteiger charge is 2.22. The molecule has 0 fully saturated rings. The van der Waals surface area contributed by atoms with Gasteiger partial charge in [-0.3, -0.25) is 4.79 Å². The standard InChI is InChI=1S/C11H14BrFN2O3S/c1-3-15(4-2)11(16)7-5-10(19(14,17)18)8(12)6-9(7)13/h5-6H,3-4H2,1-2H3,(H2,14,17,18). The summed E-state index contributed by atoms with van der Waals surface area (Å²) in [6, 6.07) is 1.88. The molecule has 0 spiro atoms. The lowest BCUT2D eigenvalue weighted by molar-refractivity contribution is 0.0768. The van der Waals surface area contributed by atoms with Crippen LogP contribution in [0.2, 0.25) is 0 Å². The molecular weight excluding hydrogens is 339 g/mol. The maximum Gasteiger partial charge on any atom is 0.256 e. The van der Waals surface area contributed by atoms with E-state index in [1.807, 2.05) is 0 Å². The fourth-order valence-corrected chi connectivity index (χ4v) is 3.20. The molecule has 106 valence electrons. The van der Waals surface area contributed by atoms with Gasteiger partial charge in [0.1, 0.15) is 5.82 Å². The summed E-state index contributed by atoms with van der Waals surface area (Å²) in [4.78, 5) is 13.1. The van der Waals surface area contributed by atoms with E-state index >= 15 is 0 Å². The molecule has 0 unspecified atom stereocenters. The zero-order valence-electron chi connectivity index (χ0n) is 10.5. The molecule has 0 aromatic heterocycles. The van der Waals surface area contributed by atoms with E-state index in [1.54, 1.807) is 13.8 Å². The minimum absolute atomic E-state index is 0.0106. The Bertz CT molecular complexity index is 600. The van der Waals surface area contributed by atoms with Gasteiger partial charge < -0.3 is 4.90 Å². The van der Waals surface area contributed by atoms with Gasteiger partial charge in [0, 0.05) is 17.6 Å². The lowest BCUT2D eigenvalue weighted by atomic mass is 10.2. The summed E-state index contributed by atoms with van der Waals surface area (Å²) in [6.07, 6.45) is 0. The first kappa shape index (κ1) is 16.1. The van der Waals surface area contributed by atoms with Gasteiger partial charge in [0.25, 0.3) is 5.91 Å². The number of nitrogens with zero attached hydrogens (tertiary/aromatic N) is 1. The number of rotatable bonds is 4. The summed E-state index contributed by atoms with van der Waals surface area (Å²) in [7, 11) is -4.03. The molecule has 1 aromatic rings. The lowest BCUT2D eigenvalue weighted by Crippen LogP contribution is -2.31. The Hall–Kier alpha value is -0.990. The van der Waals surface area contributed by atoms with Crippen LogP contribution in [-0.4, -0.2) is 32.3 Å². The predicted molar refractivity (Wildman–Crippen MR) is 72.7 cm³/mol. The van der Waals surface area contributed by atoms with Crippen molar-refractivity contribution in [3.05, 3.63) is 28.0 Å². The molecule has 0 aliphatic carbocycles. The molecule has 19 heavy (non-hydrogen) atoms. The average Bonchev–Trinajstić information content (AvgIpc) is 2.28. The van der Waals surface area contributed by atoms with E-state index in [1.165, 1.54) is 4.90 Å². The van der Waals surface area contributed by atoms with Crippen LogP contribution < -0.4 is 5.14 Å². The van der Waals surface area contributed by atoms with Gasteiger partial charge in [-0.25, -0.2) is 17.9 Å². The minimum Gasteiger partial charge on any atom is -0.339 e. The van der Waals surface area contributed by atoms with E-state index in [0.717, 1.165) is 12.1 Å². The van der Waals surface area contributed by atoms with Crippen LogP contribution in [-0.2, 0) is 10.0 Å². The van der Waals surface area contributed by atoms with Crippen molar-refractivity contribution in [2.45, 2.75) is 18.7 Å². The van der Waals surface area contributed by atoms with Crippen molar-refractivity contribution >= 4 is 31.9 Å². The van der Waals surface area contributed by atoms with Crippen LogP contribution in [0.3, 0.4) is 0 Å². The van der Waals surface area contributed by atoms with E-state index in [9.17, 15) is 17.6 Å². The number of primary sulfonamides is 1. The number of sulfonamides is 1. The molecule has 0 saturated carbocycles. The van der Waals surface area contributed by atoms with Gasteiger partial charge in [0.05, 0.1) is 10.5 Å². The monoisotopic (exact) mass is 352 g/mol. The molecule has 8 heteroatoms. The van der Waals surface area contributed by atoms with Gasteiger partial charge in [0.15, 0.2) is 0 Å². The number of amides is 1. The molecule has 0 radical (unpaired) electrons. The molecule has 0 heterocycles. The molecule has 1 rings (SSSR count). The number of hydrogen-bond donors (Lipinski definition) is 1. The maximum atomic E-state index is 13.8. The van der Waals surface area contributed by atoms with Crippen LogP contribution in [0.1, 0.15) is 24.2 Å². The molecule has 0 atom stereocenters. The lowest BCUT2D eigenvalue weighted by Gasteiger charge is -2.19. The van der Waals surface area contributed by atoms with Crippen LogP contribution in [0.25, 0.3) is 0 Å². The first-order valence-electron chi connectivity index (χ1n) is 5.53. The van der Waals surface area contributed by atoms with Crippen LogP contribution >= 0.6 is 15.9 Å². The van der Waals surface area contributed by atoms with Gasteiger partial charge >= 0.3 is 0 Å². The van der Waals surface area contributed by atoms with Crippen molar-refractivity contribution in [3.63, 3.8) is 0 Å².